The molecule has 3 aromatic carbocycles. The van der Waals surface area contributed by atoms with Gasteiger partial charge in [-0.05, 0) is 114 Å². The van der Waals surface area contributed by atoms with Crippen molar-refractivity contribution in [2.24, 2.45) is 33.1 Å². The summed E-state index contributed by atoms with van der Waals surface area (Å²) in [7, 11) is 1.63. The molecule has 0 spiro atoms. The summed E-state index contributed by atoms with van der Waals surface area (Å²) in [5, 5.41) is 39.0. The molecule has 11 amide bonds. The highest BCUT2D eigenvalue weighted by Gasteiger charge is 2.53. The molecule has 1 aliphatic heterocycles. The number of amides is 11. The van der Waals surface area contributed by atoms with Gasteiger partial charge in [0.05, 0.1) is 57.4 Å². The Kier molecular flexibility index (Phi) is 42.1. The van der Waals surface area contributed by atoms with E-state index in [-0.39, 0.29) is 173 Å². The van der Waals surface area contributed by atoms with Gasteiger partial charge in [-0.1, -0.05) is 72.8 Å². The monoisotopic (exact) mass is 1490 g/mol. The number of carboxylic acid groups (broad SMARTS) is 1. The molecule has 6 atom stereocenters. The number of hydrogen-bond donors (Lipinski definition) is 14. The molecule has 17 N–H and O–H groups in total. The zero-order valence-corrected chi connectivity index (χ0v) is 61.6. The third-order valence-corrected chi connectivity index (χ3v) is 18.6. The van der Waals surface area contributed by atoms with Crippen LogP contribution in [0.4, 0.5) is 4.79 Å². The number of carbonyl (C=O) groups is 12. The number of guanidine groups is 1. The number of aliphatic carboxylic acids is 1. The van der Waals surface area contributed by atoms with Crippen molar-refractivity contribution in [3.05, 3.63) is 83.9 Å². The summed E-state index contributed by atoms with van der Waals surface area (Å²) in [4.78, 5) is 165. The molecule has 1 saturated heterocycles. The minimum Gasteiger partial charge on any atom is -0.480 e. The Hall–Kier alpha value is -9.31. The third-order valence-electron chi connectivity index (χ3n) is 16.8. The number of ketones is 1. The first-order valence-corrected chi connectivity index (χ1v) is 36.7. The van der Waals surface area contributed by atoms with E-state index in [1.165, 1.54) is 11.8 Å². The lowest BCUT2D eigenvalue weighted by atomic mass is 9.95. The summed E-state index contributed by atoms with van der Waals surface area (Å²) in [6.45, 7) is 9.64. The van der Waals surface area contributed by atoms with Crippen molar-refractivity contribution in [2.75, 3.05) is 106 Å². The summed E-state index contributed by atoms with van der Waals surface area (Å²) < 4.78 is 16.0. The minimum atomic E-state index is -1.09. The maximum Gasteiger partial charge on any atom is 0.322 e. The van der Waals surface area contributed by atoms with Crippen molar-refractivity contribution in [2.45, 2.75) is 157 Å². The molecule has 1 aliphatic rings. The number of Topliss-reactive ketones (excluding diaryl/α,β-unsaturated/α-hetero) is 1. The van der Waals surface area contributed by atoms with Gasteiger partial charge in [0.1, 0.15) is 30.0 Å². The van der Waals surface area contributed by atoms with Crippen LogP contribution in [0.5, 0.6) is 0 Å². The molecular weight excluding hydrogens is 1380 g/mol. The third kappa shape index (κ3) is 36.8. The standard InChI is InChI=1S/C72H110N16O16S/c1-72(2)63(69(99)100)88(4)68(105-72)54(48-53(89)46-49-17-6-5-7-18-49)65(96)81-36-35-77-58(90)26-27-59(91)78-37-41-102-39-28-60(92)85-55(64(73)95)21-10-12-31-80-66(97)56(23-16-34-82-70(74)75)87-67(98)57(22-11-13-32-83-71(101)84-33-15-14-30-76-3)86-61(93)29-40-103-43-44-104-42-38-79-62(94)47-50-24-25-51-19-8-9-20-52(51)45-50/h5-9,17-20,24-25,45,54-57,63,68H,3,10-16,21-23,26-44,46-48H2,1-2,4H3,(H2,73,95)(H,77,90)(H,78,91)(H,79,94)(H,80,97)(H,81,96)(H,85,92)(H,86,93)(H,87,98)(H,99,100)(H4,74,75,82)(H2,83,84,101). The van der Waals surface area contributed by atoms with E-state index in [4.69, 9.17) is 31.4 Å². The van der Waals surface area contributed by atoms with Gasteiger partial charge < -0.3 is 94.7 Å². The van der Waals surface area contributed by atoms with Gasteiger partial charge in [-0.3, -0.25) is 62.6 Å². The fourth-order valence-corrected chi connectivity index (χ4v) is 13.1. The van der Waals surface area contributed by atoms with Gasteiger partial charge in [0.15, 0.2) is 5.96 Å². The maximum atomic E-state index is 14.0. The van der Waals surface area contributed by atoms with E-state index in [9.17, 15) is 62.6 Å². The Morgan fingerprint density at radius 3 is 1.68 bits per heavy atom. The Bertz CT molecular complexity index is 3310. The summed E-state index contributed by atoms with van der Waals surface area (Å²) >= 11 is 1.32. The van der Waals surface area contributed by atoms with Crippen molar-refractivity contribution in [3.63, 3.8) is 0 Å². The van der Waals surface area contributed by atoms with E-state index in [0.29, 0.717) is 45.3 Å². The first kappa shape index (κ1) is 88.1. The molecule has 0 saturated carbocycles. The highest BCUT2D eigenvalue weighted by molar-refractivity contribution is 8.01. The molecule has 33 heteroatoms. The molecule has 580 valence electrons. The van der Waals surface area contributed by atoms with E-state index in [2.05, 4.69) is 69.9 Å². The topological polar surface area (TPSA) is 479 Å². The molecule has 32 nitrogen and oxygen atoms in total. The number of fused-ring (bicyclic) bond motifs is 1. The fourth-order valence-electron chi connectivity index (χ4n) is 11.4. The van der Waals surface area contributed by atoms with Crippen LogP contribution >= 0.6 is 11.8 Å². The van der Waals surface area contributed by atoms with Crippen LogP contribution in [0.1, 0.15) is 121 Å². The summed E-state index contributed by atoms with van der Waals surface area (Å²) in [5.41, 5.74) is 18.4. The van der Waals surface area contributed by atoms with Crippen LogP contribution < -0.4 is 70.4 Å². The number of carbonyl (C=O) groups excluding carboxylic acids is 11. The second kappa shape index (κ2) is 50.2. The number of nitrogens with zero attached hydrogens (tertiary/aromatic N) is 3. The normalized spacial score (nSPS) is 14.9. The zero-order valence-electron chi connectivity index (χ0n) is 60.8. The van der Waals surface area contributed by atoms with E-state index < -0.39 is 93.4 Å². The Morgan fingerprint density at radius 1 is 0.524 bits per heavy atom. The van der Waals surface area contributed by atoms with Crippen molar-refractivity contribution in [3.8, 4) is 0 Å². The van der Waals surface area contributed by atoms with Gasteiger partial charge in [-0.15, -0.1) is 11.8 Å². The first-order chi connectivity index (χ1) is 50.4. The summed E-state index contributed by atoms with van der Waals surface area (Å²) in [6, 6.07) is 18.4. The number of likely N-dealkylation sites (N-methyl/N-ethyl adjacent to an activating group) is 1. The van der Waals surface area contributed by atoms with Crippen molar-refractivity contribution < 1.29 is 76.9 Å². The maximum absolute atomic E-state index is 14.0. The van der Waals surface area contributed by atoms with Gasteiger partial charge in [-0.2, -0.15) is 0 Å². The fraction of sp³-hybridized carbons (Fsp3) is 0.583. The number of thioether (sulfide) groups is 1. The van der Waals surface area contributed by atoms with Crippen LogP contribution in [-0.4, -0.2) is 234 Å². The Labute approximate surface area is 618 Å². The lowest BCUT2D eigenvalue weighted by Gasteiger charge is -2.29. The SMILES string of the molecule is C=NCCCCNC(=O)NCCCCC(NC(=O)CCOCCOCCNC(=O)Cc1ccc2ccccc2c1)C(=O)NC(CCCN=C(N)N)C(=O)NCCCCC(NC(=O)CCOCCNC(=O)CCC(=O)NCCNC(=O)C(CC(=O)Cc1ccccc1)C1SC(C)(C)C(C(=O)O)N1C)C(N)=O. The molecule has 0 radical (unpaired) electrons. The molecule has 0 aliphatic carbocycles. The molecule has 1 fully saturated rings. The second-order valence-corrected chi connectivity index (χ2v) is 27.6. The number of carboxylic acids is 1. The number of urea groups is 1. The minimum absolute atomic E-state index is 0.00797. The molecule has 6 unspecified atom stereocenters. The second-order valence-electron chi connectivity index (χ2n) is 25.8. The quantitative estimate of drug-likeness (QED) is 0.0211. The average molecular weight is 1490 g/mol. The largest absolute Gasteiger partial charge is 0.480 e. The van der Waals surface area contributed by atoms with E-state index in [1.807, 2.05) is 72.8 Å². The van der Waals surface area contributed by atoms with Crippen LogP contribution in [0, 0.1) is 5.92 Å². The van der Waals surface area contributed by atoms with Crippen molar-refractivity contribution in [1.29, 1.82) is 0 Å². The lowest BCUT2D eigenvalue weighted by molar-refractivity contribution is -0.144. The predicted octanol–water partition coefficient (Wildman–Crippen LogP) is 0.742. The van der Waals surface area contributed by atoms with Gasteiger partial charge >= 0.3 is 12.0 Å². The molecule has 0 bridgehead atoms. The van der Waals surface area contributed by atoms with Crippen molar-refractivity contribution in [1.82, 2.24) is 58.1 Å². The lowest BCUT2D eigenvalue weighted by Crippen LogP contribution is -2.54. The molecular formula is C72H110N16O16S. The van der Waals surface area contributed by atoms with Crippen LogP contribution in [0.15, 0.2) is 82.8 Å². The van der Waals surface area contributed by atoms with Gasteiger partial charge in [-0.25, -0.2) is 4.79 Å². The number of aliphatic imine (C=N–C) groups is 2. The average Bonchev–Trinajstić information content (AvgIpc) is 1.62. The highest BCUT2D eigenvalue weighted by Crippen LogP contribution is 2.47. The number of nitrogens with one attached hydrogen (secondary N) is 10. The van der Waals surface area contributed by atoms with Gasteiger partial charge in [0.25, 0.3) is 0 Å². The smallest absolute Gasteiger partial charge is 0.322 e. The van der Waals surface area contributed by atoms with Crippen molar-refractivity contribution >= 4 is 106 Å². The van der Waals surface area contributed by atoms with Gasteiger partial charge in [0, 0.05) is 102 Å². The van der Waals surface area contributed by atoms with Crippen LogP contribution in [-0.2, 0) is 79.8 Å². The number of ether oxygens (including phenoxy) is 3. The molecule has 1 heterocycles. The summed E-state index contributed by atoms with van der Waals surface area (Å²) in [5.74, 6) is -6.70. The van der Waals surface area contributed by atoms with E-state index in [1.54, 1.807) is 25.8 Å². The molecule has 4 rings (SSSR count). The molecule has 3 aromatic rings. The highest BCUT2D eigenvalue weighted by atomic mass is 32.2. The van der Waals surface area contributed by atoms with Crippen LogP contribution in [0.3, 0.4) is 0 Å². The molecule has 105 heavy (non-hydrogen) atoms. The number of hydrogen-bond acceptors (Lipinski definition) is 19. The van der Waals surface area contributed by atoms with Crippen LogP contribution in [0.25, 0.3) is 10.8 Å². The van der Waals surface area contributed by atoms with Gasteiger partial charge in [0.2, 0.25) is 53.2 Å². The molecule has 0 aromatic heterocycles. The van der Waals surface area contributed by atoms with Crippen LogP contribution in [0.2, 0.25) is 0 Å². The summed E-state index contributed by atoms with van der Waals surface area (Å²) in [6.07, 6.45) is 3.41. The Balaban J connectivity index is 1.14. The number of benzene rings is 3. The first-order valence-electron chi connectivity index (χ1n) is 35.8. The zero-order chi connectivity index (χ0) is 76.8. The number of nitrogens with two attached hydrogens (primary N) is 3. The van der Waals surface area contributed by atoms with E-state index in [0.717, 1.165) is 34.7 Å². The number of rotatable bonds is 55. The number of unbranched alkanes of at least 4 members (excludes halogenated alkanes) is 3. The van der Waals surface area contributed by atoms with E-state index >= 15 is 0 Å². The predicted molar refractivity (Wildman–Crippen MR) is 399 cm³/mol. The Morgan fingerprint density at radius 2 is 1.06 bits per heavy atom. The number of primary amides is 1.